The molecule has 9 nitrogen and oxygen atoms in total. The number of carbonyl (C=O) groups excluding carboxylic acids is 1. The van der Waals surface area contributed by atoms with Crippen LogP contribution in [0.15, 0.2) is 0 Å². The van der Waals surface area contributed by atoms with Gasteiger partial charge in [0, 0.05) is 70.0 Å². The van der Waals surface area contributed by atoms with Crippen LogP contribution in [0.25, 0.3) is 0 Å². The number of likely N-dealkylation sites (N-methyl/N-ethyl adjacent to an activating group) is 1. The van der Waals surface area contributed by atoms with Crippen molar-refractivity contribution in [3.05, 3.63) is 0 Å². The van der Waals surface area contributed by atoms with Crippen molar-refractivity contribution in [1.82, 2.24) is 4.90 Å². The van der Waals surface area contributed by atoms with Gasteiger partial charge in [-0.25, -0.2) is 0 Å². The number of hydrogen-bond acceptors (Lipinski definition) is 9. The Morgan fingerprint density at radius 2 is 1.84 bits per heavy atom. The van der Waals surface area contributed by atoms with Gasteiger partial charge in [-0.3, -0.25) is 9.69 Å². The number of hydrogen-bond donors (Lipinski definition) is 2. The molecule has 9 heteroatoms. The van der Waals surface area contributed by atoms with Crippen molar-refractivity contribution in [1.29, 1.82) is 0 Å². The number of nitrogens with zero attached hydrogens (tertiary/aromatic N) is 1. The van der Waals surface area contributed by atoms with E-state index >= 15 is 0 Å². The summed E-state index contributed by atoms with van der Waals surface area (Å²) in [6, 6.07) is -0.354. The molecule has 216 valence electrons. The van der Waals surface area contributed by atoms with E-state index in [-0.39, 0.29) is 59.7 Å². The second-order valence-corrected chi connectivity index (χ2v) is 13.5. The Morgan fingerprint density at radius 1 is 1.11 bits per heavy atom. The predicted molar refractivity (Wildman–Crippen MR) is 137 cm³/mol. The highest BCUT2D eigenvalue weighted by atomic mass is 16.6. The first-order chi connectivity index (χ1) is 18.1. The molecule has 1 unspecified atom stereocenters. The van der Waals surface area contributed by atoms with Gasteiger partial charge >= 0.3 is 5.97 Å². The van der Waals surface area contributed by atoms with Crippen molar-refractivity contribution in [2.24, 2.45) is 40.4 Å². The van der Waals surface area contributed by atoms with Crippen molar-refractivity contribution < 1.29 is 38.7 Å². The minimum Gasteiger partial charge on any atom is -0.461 e. The molecule has 5 saturated carbocycles. The van der Waals surface area contributed by atoms with Gasteiger partial charge in [0.05, 0.1) is 36.9 Å². The van der Waals surface area contributed by atoms with E-state index in [4.69, 9.17) is 23.7 Å². The first kappa shape index (κ1) is 27.4. The highest BCUT2D eigenvalue weighted by Crippen LogP contribution is 2.80. The molecule has 2 N–H and O–H groups in total. The number of methoxy groups -OCH3 is 4. The molecule has 0 radical (unpaired) electrons. The normalized spacial score (nSPS) is 54.4. The quantitative estimate of drug-likeness (QED) is 0.445. The number of fused-ring (bicyclic) bond motifs is 2. The van der Waals surface area contributed by atoms with Crippen molar-refractivity contribution >= 4 is 5.97 Å². The van der Waals surface area contributed by atoms with Crippen LogP contribution in [0.3, 0.4) is 0 Å². The third-order valence-corrected chi connectivity index (χ3v) is 12.2. The molecule has 0 aromatic rings. The maximum Gasteiger partial charge on any atom is 0.308 e. The average molecular weight is 538 g/mol. The fourth-order valence-electron chi connectivity index (χ4n) is 11.4. The Morgan fingerprint density at radius 3 is 2.42 bits per heavy atom. The molecule has 1 aliphatic heterocycles. The lowest BCUT2D eigenvalue weighted by atomic mass is 9.42. The van der Waals surface area contributed by atoms with Crippen LogP contribution < -0.4 is 0 Å². The largest absolute Gasteiger partial charge is 0.461 e. The molecule has 0 amide bonds. The third-order valence-electron chi connectivity index (χ3n) is 12.2. The fraction of sp³-hybridized carbons (Fsp3) is 0.966. The van der Waals surface area contributed by atoms with Gasteiger partial charge in [-0.2, -0.15) is 0 Å². The maximum atomic E-state index is 13.2. The molecule has 1 spiro atoms. The lowest BCUT2D eigenvalue weighted by Crippen LogP contribution is -2.82. The average Bonchev–Trinajstić information content (AvgIpc) is 3.28. The molecule has 1 saturated heterocycles. The summed E-state index contributed by atoms with van der Waals surface area (Å²) in [7, 11) is 6.86. The second-order valence-electron chi connectivity index (χ2n) is 13.5. The third kappa shape index (κ3) is 2.85. The molecule has 1 heterocycles. The molecule has 6 aliphatic rings. The van der Waals surface area contributed by atoms with Crippen molar-refractivity contribution in [3.8, 4) is 0 Å². The SMILES string of the molecule is CCN1C[C@]2(COC)CCC(OC)[C@@]34[C@@H]5C[C@H]6[C@H](OC(=O)C(C)C)[C@@H]5[C@](O)(C[C@@H]6OC)[C@](O)([C@@H](OC)[C@H]23)[C@@H]14. The molecule has 5 aliphatic carbocycles. The van der Waals surface area contributed by atoms with E-state index in [1.165, 1.54) is 0 Å². The summed E-state index contributed by atoms with van der Waals surface area (Å²) in [6.45, 7) is 7.86. The highest BCUT2D eigenvalue weighted by Gasteiger charge is 2.91. The van der Waals surface area contributed by atoms with Gasteiger partial charge in [0.2, 0.25) is 0 Å². The smallest absolute Gasteiger partial charge is 0.308 e. The summed E-state index contributed by atoms with van der Waals surface area (Å²) < 4.78 is 30.9. The Kier molecular flexibility index (Phi) is 6.37. The Labute approximate surface area is 226 Å². The topological polar surface area (TPSA) is 107 Å². The number of piperidine rings is 1. The molecule has 0 aromatic carbocycles. The number of rotatable bonds is 8. The number of carbonyl (C=O) groups is 1. The molecule has 7 bridgehead atoms. The van der Waals surface area contributed by atoms with E-state index in [9.17, 15) is 15.0 Å². The molecular weight excluding hydrogens is 490 g/mol. The summed E-state index contributed by atoms with van der Waals surface area (Å²) in [5.41, 5.74) is -3.91. The van der Waals surface area contributed by atoms with E-state index in [1.54, 1.807) is 28.4 Å². The van der Waals surface area contributed by atoms with Gasteiger partial charge in [0.25, 0.3) is 0 Å². The summed E-state index contributed by atoms with van der Waals surface area (Å²) >= 11 is 0. The Hall–Kier alpha value is -0.810. The first-order valence-corrected chi connectivity index (χ1v) is 14.5. The minimum atomic E-state index is -1.60. The van der Waals surface area contributed by atoms with Crippen molar-refractivity contribution in [3.63, 3.8) is 0 Å². The van der Waals surface area contributed by atoms with Gasteiger partial charge in [0.1, 0.15) is 17.3 Å². The zero-order valence-electron chi connectivity index (χ0n) is 24.0. The van der Waals surface area contributed by atoms with Crippen LogP contribution in [0, 0.1) is 40.4 Å². The highest BCUT2D eigenvalue weighted by molar-refractivity contribution is 5.72. The number of ether oxygens (including phenoxy) is 5. The summed E-state index contributed by atoms with van der Waals surface area (Å²) in [4.78, 5) is 15.4. The summed E-state index contributed by atoms with van der Waals surface area (Å²) in [5, 5.41) is 26.3. The van der Waals surface area contributed by atoms with Crippen LogP contribution in [-0.4, -0.2) is 111 Å². The minimum absolute atomic E-state index is 0.0335. The molecule has 13 atom stereocenters. The monoisotopic (exact) mass is 537 g/mol. The van der Waals surface area contributed by atoms with E-state index in [0.717, 1.165) is 32.4 Å². The number of aliphatic hydroxyl groups is 2. The standard InChI is InChI=1S/C29H47NO8/c1-8-30-13-26(14-34-4)10-9-19(36-6)28-17-11-16-18(35-5)12-27(32,20(17)21(16)38-24(31)15(2)3)29(33,25(28)30)23(37-7)22(26)28/h15-23,25,32-33H,8-14H2,1-7H3/t16-,17-,18+,19?,20-,21+,22-,23+,25+,26+,27-,28+,29+/m1/s1. The van der Waals surface area contributed by atoms with Crippen LogP contribution in [0.1, 0.15) is 46.5 Å². The van der Waals surface area contributed by atoms with Gasteiger partial charge in [-0.15, -0.1) is 0 Å². The van der Waals surface area contributed by atoms with E-state index in [1.807, 2.05) is 13.8 Å². The molecule has 6 fully saturated rings. The van der Waals surface area contributed by atoms with Gasteiger partial charge in [-0.05, 0) is 31.7 Å². The lowest BCUT2D eigenvalue weighted by molar-refractivity contribution is -0.319. The Bertz CT molecular complexity index is 963. The van der Waals surface area contributed by atoms with Crippen molar-refractivity contribution in [2.75, 3.05) is 48.1 Å². The zero-order valence-corrected chi connectivity index (χ0v) is 24.0. The van der Waals surface area contributed by atoms with Crippen LogP contribution in [0.5, 0.6) is 0 Å². The molecular formula is C29H47NO8. The van der Waals surface area contributed by atoms with E-state index in [0.29, 0.717) is 6.61 Å². The summed E-state index contributed by atoms with van der Waals surface area (Å²) in [5.74, 6) is -1.16. The molecule has 6 rings (SSSR count). The zero-order chi connectivity index (χ0) is 27.4. The summed E-state index contributed by atoms with van der Waals surface area (Å²) in [6.07, 6.45) is 1.17. The molecule has 0 aromatic heterocycles. The van der Waals surface area contributed by atoms with Gasteiger partial charge in [0.15, 0.2) is 0 Å². The second kappa shape index (κ2) is 8.84. The van der Waals surface area contributed by atoms with Crippen LogP contribution >= 0.6 is 0 Å². The van der Waals surface area contributed by atoms with Crippen LogP contribution in [-0.2, 0) is 28.5 Å². The van der Waals surface area contributed by atoms with Gasteiger partial charge in [-0.1, -0.05) is 20.8 Å². The number of esters is 1. The van der Waals surface area contributed by atoms with Crippen LogP contribution in [0.2, 0.25) is 0 Å². The lowest BCUT2D eigenvalue weighted by Gasteiger charge is -2.70. The molecule has 38 heavy (non-hydrogen) atoms. The number of likely N-dealkylation sites (tertiary alicyclic amines) is 1. The first-order valence-electron chi connectivity index (χ1n) is 14.5. The van der Waals surface area contributed by atoms with Crippen molar-refractivity contribution in [2.45, 2.75) is 88.1 Å². The van der Waals surface area contributed by atoms with E-state index < -0.39 is 34.7 Å². The van der Waals surface area contributed by atoms with Crippen LogP contribution in [0.4, 0.5) is 0 Å². The predicted octanol–water partition coefficient (Wildman–Crippen LogP) is 1.48. The Balaban J connectivity index is 1.63. The maximum absolute atomic E-state index is 13.2. The fourth-order valence-corrected chi connectivity index (χ4v) is 11.4. The van der Waals surface area contributed by atoms with Gasteiger partial charge < -0.3 is 33.9 Å². The van der Waals surface area contributed by atoms with E-state index in [2.05, 4.69) is 11.8 Å².